The van der Waals surface area contributed by atoms with Gasteiger partial charge in [-0.25, -0.2) is 9.59 Å². The van der Waals surface area contributed by atoms with Gasteiger partial charge in [-0.05, 0) is 64.2 Å². The van der Waals surface area contributed by atoms with E-state index in [4.69, 9.17) is 4.74 Å². The van der Waals surface area contributed by atoms with Crippen LogP contribution in [-0.4, -0.2) is 52.8 Å². The molecule has 2 rings (SSSR count). The lowest BCUT2D eigenvalue weighted by atomic mass is 9.97. The van der Waals surface area contributed by atoms with Gasteiger partial charge >= 0.3 is 12.2 Å². The molecule has 1 aromatic carbocycles. The number of anilines is 1. The van der Waals surface area contributed by atoms with Crippen molar-refractivity contribution in [2.24, 2.45) is 10.9 Å². The number of amides is 3. The Kier molecular flexibility index (Phi) is 13.1. The Balaban J connectivity index is 1.84. The lowest BCUT2D eigenvalue weighted by Crippen LogP contribution is -2.51. The standard InChI is InChI=1S/C29H46N4O5/c1-5-6-7-8-9-10-11-12-14-22-16-18-24(19-17-22)30-25(34)23-15-13-20-33(21-23)26(31-27(35)36)32-28(37)38-29(2,3)4/h16-19,23H,5-15,20-21H2,1-4H3,(H,30,34)(H,35,36)(H,31,32,37). The summed E-state index contributed by atoms with van der Waals surface area (Å²) >= 11 is 0. The van der Waals surface area contributed by atoms with Crippen LogP contribution in [0, 0.1) is 5.92 Å². The van der Waals surface area contributed by atoms with E-state index in [1.807, 2.05) is 12.1 Å². The fourth-order valence-corrected chi connectivity index (χ4v) is 4.51. The highest BCUT2D eigenvalue weighted by Gasteiger charge is 2.29. The summed E-state index contributed by atoms with van der Waals surface area (Å²) in [4.78, 5) is 41.6. The van der Waals surface area contributed by atoms with Gasteiger partial charge in [0, 0.05) is 18.8 Å². The molecule has 0 saturated carbocycles. The molecule has 1 aliphatic rings. The van der Waals surface area contributed by atoms with Crippen LogP contribution in [-0.2, 0) is 16.0 Å². The van der Waals surface area contributed by atoms with E-state index < -0.39 is 17.8 Å². The van der Waals surface area contributed by atoms with Gasteiger partial charge in [-0.15, -0.1) is 4.99 Å². The van der Waals surface area contributed by atoms with Gasteiger partial charge < -0.3 is 20.1 Å². The number of guanidine groups is 1. The number of carboxylic acid groups (broad SMARTS) is 1. The van der Waals surface area contributed by atoms with Crippen LogP contribution in [0.4, 0.5) is 15.3 Å². The molecule has 9 heteroatoms. The first-order valence-electron chi connectivity index (χ1n) is 14.0. The predicted octanol–water partition coefficient (Wildman–Crippen LogP) is 6.58. The Hall–Kier alpha value is -3.10. The number of benzene rings is 1. The predicted molar refractivity (Wildman–Crippen MR) is 151 cm³/mol. The Morgan fingerprint density at radius 3 is 2.26 bits per heavy atom. The molecule has 1 aliphatic heterocycles. The highest BCUT2D eigenvalue weighted by Crippen LogP contribution is 2.20. The number of ether oxygens (including phenoxy) is 1. The highest BCUT2D eigenvalue weighted by atomic mass is 16.6. The van der Waals surface area contributed by atoms with E-state index >= 15 is 0 Å². The summed E-state index contributed by atoms with van der Waals surface area (Å²) in [5, 5.41) is 14.6. The molecule has 0 bridgehead atoms. The molecule has 1 heterocycles. The Morgan fingerprint density at radius 2 is 1.66 bits per heavy atom. The van der Waals surface area contributed by atoms with Gasteiger partial charge in [0.25, 0.3) is 0 Å². The van der Waals surface area contributed by atoms with Crippen molar-refractivity contribution in [1.82, 2.24) is 10.2 Å². The third kappa shape index (κ3) is 12.4. The molecule has 1 saturated heterocycles. The Bertz CT molecular complexity index is 924. The minimum absolute atomic E-state index is 0.130. The molecule has 1 fully saturated rings. The molecular weight excluding hydrogens is 484 g/mol. The lowest BCUT2D eigenvalue weighted by molar-refractivity contribution is -0.121. The molecule has 0 aromatic heterocycles. The van der Waals surface area contributed by atoms with Crippen LogP contribution >= 0.6 is 0 Å². The zero-order valence-corrected chi connectivity index (χ0v) is 23.6. The quantitative estimate of drug-likeness (QED) is 0.169. The molecule has 1 atom stereocenters. The summed E-state index contributed by atoms with van der Waals surface area (Å²) in [6, 6.07) is 7.98. The molecule has 212 valence electrons. The van der Waals surface area contributed by atoms with Crippen LogP contribution in [0.15, 0.2) is 29.3 Å². The number of aliphatic imine (C=N–C) groups is 1. The molecule has 9 nitrogen and oxygen atoms in total. The Labute approximate surface area is 227 Å². The lowest BCUT2D eigenvalue weighted by Gasteiger charge is -2.34. The van der Waals surface area contributed by atoms with Crippen LogP contribution in [0.25, 0.3) is 0 Å². The summed E-state index contributed by atoms with van der Waals surface area (Å²) in [6.45, 7) is 8.09. The smallest absolute Gasteiger partial charge is 0.434 e. The molecule has 1 aromatic rings. The van der Waals surface area contributed by atoms with Crippen molar-refractivity contribution in [2.75, 3.05) is 18.4 Å². The fraction of sp³-hybridized carbons (Fsp3) is 0.655. The maximum Gasteiger partial charge on any atom is 0.434 e. The zero-order valence-electron chi connectivity index (χ0n) is 23.6. The molecule has 0 radical (unpaired) electrons. The van der Waals surface area contributed by atoms with Crippen LogP contribution in [0.3, 0.4) is 0 Å². The van der Waals surface area contributed by atoms with Crippen molar-refractivity contribution in [3.63, 3.8) is 0 Å². The van der Waals surface area contributed by atoms with Crippen LogP contribution in [0.2, 0.25) is 0 Å². The molecule has 1 unspecified atom stereocenters. The van der Waals surface area contributed by atoms with Crippen molar-refractivity contribution in [3.05, 3.63) is 29.8 Å². The summed E-state index contributed by atoms with van der Waals surface area (Å²) in [7, 11) is 0. The van der Waals surface area contributed by atoms with E-state index in [2.05, 4.69) is 34.7 Å². The number of piperidine rings is 1. The normalized spacial score (nSPS) is 16.2. The third-order valence-corrected chi connectivity index (χ3v) is 6.45. The van der Waals surface area contributed by atoms with Crippen molar-refractivity contribution < 1.29 is 24.2 Å². The van der Waals surface area contributed by atoms with Crippen LogP contribution in [0.5, 0.6) is 0 Å². The molecule has 0 aliphatic carbocycles. The summed E-state index contributed by atoms with van der Waals surface area (Å²) in [5.41, 5.74) is 1.25. The van der Waals surface area contributed by atoms with Gasteiger partial charge in [-0.3, -0.25) is 10.1 Å². The largest absolute Gasteiger partial charge is 0.463 e. The number of rotatable bonds is 11. The monoisotopic (exact) mass is 530 g/mol. The van der Waals surface area contributed by atoms with E-state index in [1.54, 1.807) is 25.7 Å². The second-order valence-electron chi connectivity index (χ2n) is 11.0. The van der Waals surface area contributed by atoms with Crippen molar-refractivity contribution >= 4 is 29.7 Å². The van der Waals surface area contributed by atoms with Crippen LogP contribution < -0.4 is 10.6 Å². The number of likely N-dealkylation sites (tertiary alicyclic amines) is 1. The minimum atomic E-state index is -1.44. The molecular formula is C29H46N4O5. The average molecular weight is 531 g/mol. The SMILES string of the molecule is CCCCCCCCCCc1ccc(NC(=O)C2CCCN(C(=NC(=O)O)NC(=O)OC(C)(C)C)C2)cc1. The number of hydrogen-bond acceptors (Lipinski definition) is 4. The number of nitrogens with one attached hydrogen (secondary N) is 2. The van der Waals surface area contributed by atoms with E-state index in [0.29, 0.717) is 19.4 Å². The number of aryl methyl sites for hydroxylation is 1. The number of carbonyl (C=O) groups excluding carboxylic acids is 2. The van der Waals surface area contributed by atoms with E-state index in [9.17, 15) is 19.5 Å². The first-order chi connectivity index (χ1) is 18.1. The van der Waals surface area contributed by atoms with Gasteiger partial charge in [0.15, 0.2) is 0 Å². The van der Waals surface area contributed by atoms with E-state index in [-0.39, 0.29) is 24.3 Å². The number of alkyl carbamates (subject to hydrolysis) is 1. The van der Waals surface area contributed by atoms with Gasteiger partial charge in [0.2, 0.25) is 11.9 Å². The molecule has 3 amide bonds. The topological polar surface area (TPSA) is 120 Å². The Morgan fingerprint density at radius 1 is 1.03 bits per heavy atom. The van der Waals surface area contributed by atoms with Gasteiger partial charge in [-0.1, -0.05) is 64.0 Å². The van der Waals surface area contributed by atoms with Crippen molar-refractivity contribution in [1.29, 1.82) is 0 Å². The summed E-state index contributed by atoms with van der Waals surface area (Å²) < 4.78 is 5.23. The van der Waals surface area contributed by atoms with Crippen LogP contribution in [0.1, 0.15) is 97.5 Å². The van der Waals surface area contributed by atoms with Gasteiger partial charge in [0.05, 0.1) is 5.92 Å². The molecule has 3 N–H and O–H groups in total. The number of unbranched alkanes of at least 4 members (excludes halogenated alkanes) is 7. The first kappa shape index (κ1) is 31.1. The third-order valence-electron chi connectivity index (χ3n) is 6.45. The fourth-order valence-electron chi connectivity index (χ4n) is 4.51. The first-order valence-corrected chi connectivity index (χ1v) is 14.0. The average Bonchev–Trinajstić information content (AvgIpc) is 2.85. The van der Waals surface area contributed by atoms with Gasteiger partial charge in [-0.2, -0.15) is 0 Å². The second-order valence-corrected chi connectivity index (χ2v) is 11.0. The molecule has 0 spiro atoms. The maximum atomic E-state index is 13.0. The maximum absolute atomic E-state index is 13.0. The van der Waals surface area contributed by atoms with Gasteiger partial charge in [0.1, 0.15) is 5.60 Å². The van der Waals surface area contributed by atoms with E-state index in [0.717, 1.165) is 12.1 Å². The zero-order chi connectivity index (χ0) is 28.0. The van der Waals surface area contributed by atoms with Crippen molar-refractivity contribution in [2.45, 2.75) is 104 Å². The van der Waals surface area contributed by atoms with Crippen molar-refractivity contribution in [3.8, 4) is 0 Å². The minimum Gasteiger partial charge on any atom is -0.463 e. The number of nitrogens with zero attached hydrogens (tertiary/aromatic N) is 2. The highest BCUT2D eigenvalue weighted by molar-refractivity contribution is 5.99. The number of hydrogen-bond donors (Lipinski definition) is 3. The number of carbonyl (C=O) groups is 3. The second kappa shape index (κ2) is 16.0. The summed E-state index contributed by atoms with van der Waals surface area (Å²) in [6.07, 6.45) is 10.5. The van der Waals surface area contributed by atoms with E-state index in [1.165, 1.54) is 56.9 Å². The summed E-state index contributed by atoms with van der Waals surface area (Å²) in [5.74, 6) is -0.646. The molecule has 38 heavy (non-hydrogen) atoms.